The first-order valence-corrected chi connectivity index (χ1v) is 11.9. The standard InChI is InChI=1S/C19H10NOS.C12H10N.Ir/c1-2-8-20-16(6-1)14-5-3-4-13-15-10-12-7-9-22-18(12)11-17(15)21-19(13)14;1-10-7-8-12(13-9-10)11-5-3-2-4-6-11;/h1-4,6-11H;2-5,7-9H,1H3;/q2*-1;/i1D,2D,6D,8D;;. The average molecular weight is 665 g/mol. The van der Waals surface area contributed by atoms with Crippen LogP contribution in [0.4, 0.5) is 0 Å². The van der Waals surface area contributed by atoms with Gasteiger partial charge in [0.15, 0.2) is 0 Å². The van der Waals surface area contributed by atoms with Gasteiger partial charge in [-0.1, -0.05) is 35.2 Å². The smallest absolute Gasteiger partial charge is 0.122 e. The first-order chi connectivity index (χ1) is 18.9. The van der Waals surface area contributed by atoms with E-state index in [1.807, 2.05) is 61.0 Å². The minimum Gasteiger partial charge on any atom is -0.501 e. The molecule has 177 valence electrons. The molecule has 0 aliphatic heterocycles. The number of fused-ring (bicyclic) bond motifs is 4. The summed E-state index contributed by atoms with van der Waals surface area (Å²) >= 11 is 1.64. The van der Waals surface area contributed by atoms with E-state index in [0.29, 0.717) is 11.1 Å². The van der Waals surface area contributed by atoms with Crippen molar-refractivity contribution in [3.63, 3.8) is 0 Å². The third-order valence-corrected chi connectivity index (χ3v) is 6.49. The Labute approximate surface area is 232 Å². The number of hydrogen-bond acceptors (Lipinski definition) is 4. The molecule has 4 aromatic heterocycles. The van der Waals surface area contributed by atoms with Crippen LogP contribution in [0.15, 0.2) is 107 Å². The van der Waals surface area contributed by atoms with Gasteiger partial charge in [-0.25, -0.2) is 0 Å². The Morgan fingerprint density at radius 1 is 0.917 bits per heavy atom. The molecular formula is C31H20IrN2OS-2. The van der Waals surface area contributed by atoms with Crippen molar-refractivity contribution >= 4 is 43.4 Å². The maximum absolute atomic E-state index is 8.16. The summed E-state index contributed by atoms with van der Waals surface area (Å²) in [5.74, 6) is 0. The van der Waals surface area contributed by atoms with Gasteiger partial charge in [0.2, 0.25) is 0 Å². The van der Waals surface area contributed by atoms with E-state index in [1.165, 1.54) is 5.56 Å². The van der Waals surface area contributed by atoms with Crippen LogP contribution in [0.1, 0.15) is 11.0 Å². The Hall–Kier alpha value is -3.63. The molecule has 0 aliphatic rings. The molecule has 3 aromatic carbocycles. The van der Waals surface area contributed by atoms with Gasteiger partial charge in [0, 0.05) is 42.6 Å². The molecule has 0 saturated heterocycles. The molecule has 1 radical (unpaired) electrons. The van der Waals surface area contributed by atoms with Crippen LogP contribution in [0.5, 0.6) is 0 Å². The predicted octanol–water partition coefficient (Wildman–Crippen LogP) is 8.52. The van der Waals surface area contributed by atoms with Crippen LogP contribution in [0.2, 0.25) is 0 Å². The molecule has 5 heteroatoms. The SMILES string of the molecule is Cc1ccc(-c2[c-]cccc2)nc1.[2H]c1nc(-c2[c-]ccc3c2oc2cc4sccc4cc23)c([2H])c([2H])c1[2H].[Ir]. The van der Waals surface area contributed by atoms with E-state index in [1.54, 1.807) is 17.4 Å². The van der Waals surface area contributed by atoms with Gasteiger partial charge in [0.25, 0.3) is 0 Å². The topological polar surface area (TPSA) is 38.9 Å². The zero-order valence-electron chi connectivity index (χ0n) is 23.0. The number of nitrogens with zero attached hydrogens (tertiary/aromatic N) is 2. The summed E-state index contributed by atoms with van der Waals surface area (Å²) in [6.45, 7) is 2.03. The fourth-order valence-electron chi connectivity index (χ4n) is 3.90. The minimum absolute atomic E-state index is 0. The number of hydrogen-bond donors (Lipinski definition) is 0. The first kappa shape index (κ1) is 19.5. The number of aryl methyl sites for hydroxylation is 1. The van der Waals surface area contributed by atoms with Gasteiger partial charge in [-0.05, 0) is 58.9 Å². The molecule has 0 N–H and O–H groups in total. The third-order valence-electron chi connectivity index (χ3n) is 5.61. The molecule has 0 amide bonds. The van der Waals surface area contributed by atoms with Crippen molar-refractivity contribution in [3.8, 4) is 22.5 Å². The number of benzene rings is 3. The molecule has 0 fully saturated rings. The van der Waals surface area contributed by atoms with Crippen LogP contribution in [0.25, 0.3) is 54.5 Å². The quantitative estimate of drug-likeness (QED) is 0.174. The van der Waals surface area contributed by atoms with Crippen molar-refractivity contribution in [2.45, 2.75) is 6.92 Å². The van der Waals surface area contributed by atoms with E-state index in [2.05, 4.69) is 40.3 Å². The summed E-state index contributed by atoms with van der Waals surface area (Å²) in [6, 6.07) is 27.0. The summed E-state index contributed by atoms with van der Waals surface area (Å²) < 4.78 is 38.7. The second-order valence-corrected chi connectivity index (χ2v) is 8.90. The third kappa shape index (κ3) is 4.74. The van der Waals surface area contributed by atoms with Crippen molar-refractivity contribution in [2.24, 2.45) is 0 Å². The summed E-state index contributed by atoms with van der Waals surface area (Å²) in [4.78, 5) is 8.37. The molecule has 7 aromatic rings. The van der Waals surface area contributed by atoms with E-state index < -0.39 is 0 Å². The fourth-order valence-corrected chi connectivity index (χ4v) is 4.70. The minimum atomic E-state index is -0.351. The average Bonchev–Trinajstić information content (AvgIpc) is 3.57. The van der Waals surface area contributed by atoms with Crippen LogP contribution < -0.4 is 0 Å². The Kier molecular flexibility index (Phi) is 5.73. The summed E-state index contributed by atoms with van der Waals surface area (Å²) in [5.41, 5.74) is 5.04. The number of furan rings is 1. The molecule has 0 spiro atoms. The van der Waals surface area contributed by atoms with E-state index in [9.17, 15) is 0 Å². The van der Waals surface area contributed by atoms with Gasteiger partial charge < -0.3 is 14.4 Å². The summed E-state index contributed by atoms with van der Waals surface area (Å²) in [5, 5.41) is 5.01. The molecule has 4 heterocycles. The zero-order valence-corrected chi connectivity index (χ0v) is 22.3. The van der Waals surface area contributed by atoms with Crippen molar-refractivity contribution in [1.29, 1.82) is 0 Å². The van der Waals surface area contributed by atoms with Crippen LogP contribution in [0, 0.1) is 19.1 Å². The van der Waals surface area contributed by atoms with E-state index >= 15 is 0 Å². The fraction of sp³-hybridized carbons (Fsp3) is 0.0323. The van der Waals surface area contributed by atoms with Crippen LogP contribution in [-0.4, -0.2) is 9.97 Å². The van der Waals surface area contributed by atoms with Gasteiger partial charge >= 0.3 is 0 Å². The Morgan fingerprint density at radius 3 is 2.69 bits per heavy atom. The molecule has 0 saturated carbocycles. The molecule has 36 heavy (non-hydrogen) atoms. The van der Waals surface area contributed by atoms with E-state index in [4.69, 9.17) is 9.90 Å². The van der Waals surface area contributed by atoms with Gasteiger partial charge in [-0.2, -0.15) is 0 Å². The van der Waals surface area contributed by atoms with Gasteiger partial charge in [-0.3, -0.25) is 0 Å². The Morgan fingerprint density at radius 2 is 1.86 bits per heavy atom. The number of thiophene rings is 1. The van der Waals surface area contributed by atoms with Gasteiger partial charge in [0.1, 0.15) is 5.58 Å². The normalized spacial score (nSPS) is 12.2. The molecule has 0 aliphatic carbocycles. The van der Waals surface area contributed by atoms with Crippen LogP contribution in [-0.2, 0) is 20.1 Å². The number of pyridine rings is 2. The molecule has 7 rings (SSSR count). The van der Waals surface area contributed by atoms with Crippen molar-refractivity contribution in [1.82, 2.24) is 9.97 Å². The maximum Gasteiger partial charge on any atom is 0.122 e. The van der Waals surface area contributed by atoms with Crippen LogP contribution >= 0.6 is 11.3 Å². The Balaban J connectivity index is 0.000000195. The van der Waals surface area contributed by atoms with Crippen LogP contribution in [0.3, 0.4) is 0 Å². The van der Waals surface area contributed by atoms with Crippen molar-refractivity contribution in [3.05, 3.63) is 120 Å². The molecular weight excluding hydrogens is 641 g/mol. The second-order valence-electron chi connectivity index (χ2n) is 7.95. The van der Waals surface area contributed by atoms with Gasteiger partial charge in [-0.15, -0.1) is 65.4 Å². The predicted molar refractivity (Wildman–Crippen MR) is 144 cm³/mol. The van der Waals surface area contributed by atoms with Gasteiger partial charge in [0.05, 0.1) is 11.1 Å². The van der Waals surface area contributed by atoms with Crippen molar-refractivity contribution < 1.29 is 30.0 Å². The Bertz CT molecular complexity index is 1970. The van der Waals surface area contributed by atoms with Crippen molar-refractivity contribution in [2.75, 3.05) is 0 Å². The molecule has 0 unspecified atom stereocenters. The summed E-state index contributed by atoms with van der Waals surface area (Å²) in [6.07, 6.45) is 1.54. The number of aromatic nitrogens is 2. The molecule has 3 nitrogen and oxygen atoms in total. The van der Waals surface area contributed by atoms with E-state index in [0.717, 1.165) is 37.7 Å². The second kappa shape index (κ2) is 10.5. The first-order valence-electron chi connectivity index (χ1n) is 13.0. The monoisotopic (exact) mass is 665 g/mol. The van der Waals surface area contributed by atoms with E-state index in [-0.39, 0.29) is 50.1 Å². The molecule has 0 atom stereocenters. The molecule has 0 bridgehead atoms. The number of rotatable bonds is 2. The zero-order chi connectivity index (χ0) is 27.1. The maximum atomic E-state index is 8.16. The summed E-state index contributed by atoms with van der Waals surface area (Å²) in [7, 11) is 0. The largest absolute Gasteiger partial charge is 0.501 e.